The Bertz CT molecular complexity index is 674. The van der Waals surface area contributed by atoms with Crippen LogP contribution in [-0.2, 0) is 16.1 Å². The molecule has 22 heavy (non-hydrogen) atoms. The van der Waals surface area contributed by atoms with Crippen LogP contribution in [-0.4, -0.2) is 35.1 Å². The van der Waals surface area contributed by atoms with Crippen LogP contribution in [0.3, 0.4) is 0 Å². The van der Waals surface area contributed by atoms with E-state index in [4.69, 9.17) is 10.5 Å². The van der Waals surface area contributed by atoms with E-state index in [1.165, 1.54) is 0 Å². The number of carbonyl (C=O) groups is 1. The zero-order chi connectivity index (χ0) is 15.6. The maximum absolute atomic E-state index is 11.8. The lowest BCUT2D eigenvalue weighted by molar-refractivity contribution is -0.132. The molecular formula is C16H22N4O2. The molecular weight excluding hydrogens is 280 g/mol. The summed E-state index contributed by atoms with van der Waals surface area (Å²) in [5.41, 5.74) is 8.32. The Hall–Kier alpha value is -1.92. The van der Waals surface area contributed by atoms with Crippen LogP contribution in [0.5, 0.6) is 0 Å². The zero-order valence-electron chi connectivity index (χ0n) is 12.8. The van der Waals surface area contributed by atoms with E-state index in [0.29, 0.717) is 39.1 Å². The van der Waals surface area contributed by atoms with Crippen LogP contribution in [0.1, 0.15) is 24.1 Å². The maximum Gasteiger partial charge on any atom is 0.225 e. The molecule has 6 nitrogen and oxygen atoms in total. The Labute approximate surface area is 129 Å². The molecule has 1 amide bonds. The number of hydrogen-bond donors (Lipinski definition) is 2. The molecule has 0 unspecified atom stereocenters. The van der Waals surface area contributed by atoms with Gasteiger partial charge in [-0.1, -0.05) is 6.07 Å². The summed E-state index contributed by atoms with van der Waals surface area (Å²) in [6, 6.07) is 4.06. The fourth-order valence-electron chi connectivity index (χ4n) is 3.04. The van der Waals surface area contributed by atoms with Crippen molar-refractivity contribution in [3.8, 4) is 0 Å². The second kappa shape index (κ2) is 6.06. The van der Waals surface area contributed by atoms with Gasteiger partial charge in [0.2, 0.25) is 5.91 Å². The van der Waals surface area contributed by atoms with Gasteiger partial charge in [-0.2, -0.15) is 0 Å². The molecule has 0 spiro atoms. The fraction of sp³-hybridized carbons (Fsp3) is 0.500. The predicted molar refractivity (Wildman–Crippen MR) is 83.3 cm³/mol. The van der Waals surface area contributed by atoms with E-state index in [9.17, 15) is 4.79 Å². The van der Waals surface area contributed by atoms with E-state index in [1.54, 1.807) is 0 Å². The van der Waals surface area contributed by atoms with Gasteiger partial charge in [0.05, 0.1) is 17.3 Å². The number of nitrogens with zero attached hydrogens (tertiary/aromatic N) is 2. The van der Waals surface area contributed by atoms with Crippen LogP contribution in [0.4, 0.5) is 0 Å². The predicted octanol–water partition coefficient (Wildman–Crippen LogP) is 1.01. The first-order valence-electron chi connectivity index (χ1n) is 7.62. The summed E-state index contributed by atoms with van der Waals surface area (Å²) in [5.74, 6) is -0.239. The van der Waals surface area contributed by atoms with E-state index < -0.39 is 5.41 Å². The monoisotopic (exact) mass is 302 g/mol. The number of aryl methyl sites for hydroxylation is 1. The Balaban J connectivity index is 1.69. The fourth-order valence-corrected chi connectivity index (χ4v) is 3.04. The molecule has 3 rings (SSSR count). The molecule has 2 aromatic rings. The van der Waals surface area contributed by atoms with E-state index in [0.717, 1.165) is 16.9 Å². The Morgan fingerprint density at radius 3 is 3.00 bits per heavy atom. The second-order valence-corrected chi connectivity index (χ2v) is 5.99. The number of fused-ring (bicyclic) bond motifs is 1. The van der Waals surface area contributed by atoms with Crippen LogP contribution in [0.15, 0.2) is 24.5 Å². The molecule has 6 heteroatoms. The normalized spacial score (nSPS) is 17.7. The van der Waals surface area contributed by atoms with Gasteiger partial charge in [0, 0.05) is 32.5 Å². The number of carbonyl (C=O) groups excluding carboxylic acids is 1. The van der Waals surface area contributed by atoms with Gasteiger partial charge in [0.1, 0.15) is 5.65 Å². The number of hydrogen-bond acceptors (Lipinski definition) is 4. The van der Waals surface area contributed by atoms with Crippen LogP contribution >= 0.6 is 0 Å². The maximum atomic E-state index is 11.8. The van der Waals surface area contributed by atoms with Crippen LogP contribution in [0, 0.1) is 12.3 Å². The number of rotatable bonds is 5. The number of primary amides is 1. The Morgan fingerprint density at radius 2 is 2.27 bits per heavy atom. The van der Waals surface area contributed by atoms with Gasteiger partial charge in [-0.05, 0) is 31.4 Å². The molecule has 1 aliphatic heterocycles. The summed E-state index contributed by atoms with van der Waals surface area (Å²) in [7, 11) is 0. The average Bonchev–Trinajstić information content (AvgIpc) is 2.93. The first-order chi connectivity index (χ1) is 10.6. The third-order valence-corrected chi connectivity index (χ3v) is 4.55. The van der Waals surface area contributed by atoms with Gasteiger partial charge in [0.25, 0.3) is 0 Å². The number of nitrogens with two attached hydrogens (primary N) is 1. The van der Waals surface area contributed by atoms with Crippen molar-refractivity contribution < 1.29 is 9.53 Å². The highest BCUT2D eigenvalue weighted by Gasteiger charge is 2.37. The summed E-state index contributed by atoms with van der Waals surface area (Å²) in [4.78, 5) is 16.3. The van der Waals surface area contributed by atoms with Gasteiger partial charge < -0.3 is 20.2 Å². The number of imidazole rings is 1. The summed E-state index contributed by atoms with van der Waals surface area (Å²) < 4.78 is 7.42. The lowest BCUT2D eigenvalue weighted by Crippen LogP contribution is -2.48. The van der Waals surface area contributed by atoms with E-state index >= 15 is 0 Å². The standard InChI is InChI=1S/C16H22N4O2/c1-12-3-2-6-20-13(10-19-14(12)20)9-18-11-16(15(17)21)4-7-22-8-5-16/h2-3,6,10,18H,4-5,7-9,11H2,1H3,(H2,17,21). The molecule has 0 saturated carbocycles. The van der Waals surface area contributed by atoms with Gasteiger partial charge >= 0.3 is 0 Å². The minimum absolute atomic E-state index is 0.239. The summed E-state index contributed by atoms with van der Waals surface area (Å²) >= 11 is 0. The van der Waals surface area contributed by atoms with Crippen molar-refractivity contribution in [1.82, 2.24) is 14.7 Å². The highest BCUT2D eigenvalue weighted by Crippen LogP contribution is 2.29. The van der Waals surface area contributed by atoms with Gasteiger partial charge in [0.15, 0.2) is 0 Å². The first kappa shape index (κ1) is 15.0. The molecule has 1 saturated heterocycles. The van der Waals surface area contributed by atoms with E-state index in [2.05, 4.69) is 14.7 Å². The molecule has 0 atom stereocenters. The van der Waals surface area contributed by atoms with Crippen LogP contribution < -0.4 is 11.1 Å². The molecule has 0 aliphatic carbocycles. The highest BCUT2D eigenvalue weighted by molar-refractivity contribution is 5.81. The topological polar surface area (TPSA) is 81.6 Å². The van der Waals surface area contributed by atoms with Crippen molar-refractivity contribution in [3.63, 3.8) is 0 Å². The molecule has 0 aromatic carbocycles. The van der Waals surface area contributed by atoms with Crippen molar-refractivity contribution in [2.75, 3.05) is 19.8 Å². The summed E-state index contributed by atoms with van der Waals surface area (Å²) in [6.07, 6.45) is 5.24. The molecule has 2 aromatic heterocycles. The van der Waals surface area contributed by atoms with Crippen molar-refractivity contribution >= 4 is 11.6 Å². The minimum Gasteiger partial charge on any atom is -0.381 e. The lowest BCUT2D eigenvalue weighted by atomic mass is 9.79. The van der Waals surface area contributed by atoms with Gasteiger partial charge in [-0.15, -0.1) is 0 Å². The smallest absolute Gasteiger partial charge is 0.225 e. The average molecular weight is 302 g/mol. The highest BCUT2D eigenvalue weighted by atomic mass is 16.5. The first-order valence-corrected chi connectivity index (χ1v) is 7.62. The Morgan fingerprint density at radius 1 is 1.50 bits per heavy atom. The van der Waals surface area contributed by atoms with Crippen molar-refractivity contribution in [2.24, 2.45) is 11.1 Å². The quantitative estimate of drug-likeness (QED) is 0.864. The van der Waals surface area contributed by atoms with Crippen molar-refractivity contribution in [3.05, 3.63) is 35.8 Å². The van der Waals surface area contributed by atoms with E-state index in [-0.39, 0.29) is 5.91 Å². The Kier molecular flexibility index (Phi) is 4.13. The molecule has 3 N–H and O–H groups in total. The number of pyridine rings is 1. The zero-order valence-corrected chi connectivity index (χ0v) is 12.8. The SMILES string of the molecule is Cc1cccn2c(CNCC3(C(N)=O)CCOCC3)cnc12. The van der Waals surface area contributed by atoms with Crippen molar-refractivity contribution in [1.29, 1.82) is 0 Å². The molecule has 0 bridgehead atoms. The second-order valence-electron chi connectivity index (χ2n) is 5.99. The lowest BCUT2D eigenvalue weighted by Gasteiger charge is -2.34. The molecule has 0 radical (unpaired) electrons. The van der Waals surface area contributed by atoms with Crippen molar-refractivity contribution in [2.45, 2.75) is 26.3 Å². The minimum atomic E-state index is -0.491. The van der Waals surface area contributed by atoms with Gasteiger partial charge in [-0.3, -0.25) is 4.79 Å². The van der Waals surface area contributed by atoms with Crippen LogP contribution in [0.2, 0.25) is 0 Å². The van der Waals surface area contributed by atoms with Crippen LogP contribution in [0.25, 0.3) is 5.65 Å². The molecule has 1 aliphatic rings. The number of aromatic nitrogens is 2. The number of nitrogens with one attached hydrogen (secondary N) is 1. The van der Waals surface area contributed by atoms with Gasteiger partial charge in [-0.25, -0.2) is 4.98 Å². The molecule has 118 valence electrons. The largest absolute Gasteiger partial charge is 0.381 e. The third-order valence-electron chi connectivity index (χ3n) is 4.55. The molecule has 3 heterocycles. The number of amides is 1. The summed E-state index contributed by atoms with van der Waals surface area (Å²) in [6.45, 7) is 4.47. The molecule has 1 fully saturated rings. The number of ether oxygens (including phenoxy) is 1. The summed E-state index contributed by atoms with van der Waals surface area (Å²) in [5, 5.41) is 3.37. The third kappa shape index (κ3) is 2.71. The van der Waals surface area contributed by atoms with E-state index in [1.807, 2.05) is 31.5 Å².